The maximum absolute atomic E-state index is 13.3. The molecule has 10 nitrogen and oxygen atoms in total. The molecule has 17 heteroatoms. The van der Waals surface area contributed by atoms with Crippen LogP contribution < -0.4 is 15.8 Å². The van der Waals surface area contributed by atoms with Gasteiger partial charge in [-0.25, -0.2) is 10.1 Å². The van der Waals surface area contributed by atoms with Gasteiger partial charge in [0.2, 0.25) is 5.91 Å². The second kappa shape index (κ2) is 12.6. The molecular formula is C25H29F6N6O4Si. The normalized spacial score (nSPS) is 20.8. The van der Waals surface area contributed by atoms with Crippen molar-refractivity contribution in [2.45, 2.75) is 63.0 Å². The third-order valence-corrected chi connectivity index (χ3v) is 7.91. The van der Waals surface area contributed by atoms with Gasteiger partial charge in [0.1, 0.15) is 11.4 Å². The Morgan fingerprint density at radius 1 is 1.24 bits per heavy atom. The maximum Gasteiger partial charge on any atom is 0.423 e. The summed E-state index contributed by atoms with van der Waals surface area (Å²) < 4.78 is 90.8. The fraction of sp³-hybridized carbons (Fsp3) is 0.600. The Kier molecular flexibility index (Phi) is 9.51. The van der Waals surface area contributed by atoms with Crippen molar-refractivity contribution < 1.29 is 40.6 Å². The highest BCUT2D eigenvalue weighted by Gasteiger charge is 2.40. The van der Waals surface area contributed by atoms with Crippen LogP contribution in [0.15, 0.2) is 23.3 Å². The molecule has 4 rings (SSSR count). The molecule has 0 saturated carbocycles. The summed E-state index contributed by atoms with van der Waals surface area (Å²) in [6.07, 6.45) is -8.04. The lowest BCUT2D eigenvalue weighted by Gasteiger charge is -2.43. The number of hydrogen-bond donors (Lipinski definition) is 2. The van der Waals surface area contributed by atoms with E-state index < -0.39 is 46.3 Å². The van der Waals surface area contributed by atoms with Gasteiger partial charge in [0.25, 0.3) is 5.56 Å². The lowest BCUT2D eigenvalue weighted by molar-refractivity contribution is -0.138. The Morgan fingerprint density at radius 3 is 2.67 bits per heavy atom. The van der Waals surface area contributed by atoms with Gasteiger partial charge in [-0.1, -0.05) is 0 Å². The van der Waals surface area contributed by atoms with Gasteiger partial charge in [-0.05, 0) is 25.5 Å². The Balaban J connectivity index is 1.28. The zero-order chi connectivity index (χ0) is 30.8. The van der Waals surface area contributed by atoms with E-state index in [1.54, 1.807) is 23.8 Å². The molecule has 2 N–H and O–H groups in total. The number of carbonyl (C=O) groups is 1. The van der Waals surface area contributed by atoms with Crippen LogP contribution >= 0.6 is 0 Å². The minimum atomic E-state index is -4.88. The summed E-state index contributed by atoms with van der Waals surface area (Å²) in [7, 11) is 3.42. The van der Waals surface area contributed by atoms with Crippen molar-refractivity contribution in [3.05, 3.63) is 45.5 Å². The summed E-state index contributed by atoms with van der Waals surface area (Å²) in [5.41, 5.74) is -4.19. The first kappa shape index (κ1) is 31.7. The molecule has 2 aromatic heterocycles. The SMILES string of the molecule is CC1OCc2cc(C(F)(F)F)cnc2N2CCN(C(=O)CCOCC([Si])[C@H](C)Nc3cn[nH]c(=O)c3C(F)(F)F)C[C@H]12. The highest BCUT2D eigenvalue weighted by atomic mass is 28.1. The van der Waals surface area contributed by atoms with Crippen LogP contribution in [-0.4, -0.2) is 87.3 Å². The molecule has 2 aliphatic heterocycles. The molecule has 0 spiro atoms. The number of H-pyrrole nitrogens is 1. The second-order valence-corrected chi connectivity index (χ2v) is 10.9. The smallest absolute Gasteiger partial charge is 0.381 e. The van der Waals surface area contributed by atoms with Crippen molar-refractivity contribution in [2.75, 3.05) is 43.1 Å². The average Bonchev–Trinajstić information content (AvgIpc) is 3.05. The number of hydrogen-bond acceptors (Lipinski definition) is 8. The number of anilines is 2. The summed E-state index contributed by atoms with van der Waals surface area (Å²) in [5, 5.41) is 7.83. The number of carbonyl (C=O) groups excluding carboxylic acids is 1. The van der Waals surface area contributed by atoms with E-state index in [1.165, 1.54) is 0 Å². The van der Waals surface area contributed by atoms with Crippen LogP contribution in [0.4, 0.5) is 37.8 Å². The van der Waals surface area contributed by atoms with Crippen molar-refractivity contribution in [1.29, 1.82) is 0 Å². The molecule has 1 amide bonds. The quantitative estimate of drug-likeness (QED) is 0.264. The number of alkyl halides is 6. The van der Waals surface area contributed by atoms with Gasteiger partial charge in [0.05, 0.1) is 49.2 Å². The van der Waals surface area contributed by atoms with Crippen LogP contribution in [0.2, 0.25) is 5.54 Å². The summed E-state index contributed by atoms with van der Waals surface area (Å²) in [6.45, 7) is 4.45. The van der Waals surface area contributed by atoms with Gasteiger partial charge in [0.15, 0.2) is 0 Å². The van der Waals surface area contributed by atoms with Gasteiger partial charge in [0, 0.05) is 54.3 Å². The van der Waals surface area contributed by atoms with Gasteiger partial charge in [-0.2, -0.15) is 31.4 Å². The van der Waals surface area contributed by atoms with E-state index in [4.69, 9.17) is 9.47 Å². The molecule has 2 unspecified atom stereocenters. The van der Waals surface area contributed by atoms with E-state index >= 15 is 0 Å². The van der Waals surface area contributed by atoms with E-state index in [-0.39, 0.29) is 50.8 Å². The van der Waals surface area contributed by atoms with E-state index in [9.17, 15) is 35.9 Å². The van der Waals surface area contributed by atoms with Gasteiger partial charge in [-0.3, -0.25) is 9.59 Å². The Morgan fingerprint density at radius 2 is 1.98 bits per heavy atom. The number of halogens is 6. The first-order valence-corrected chi connectivity index (χ1v) is 13.7. The zero-order valence-electron chi connectivity index (χ0n) is 22.7. The highest BCUT2D eigenvalue weighted by Crippen LogP contribution is 2.35. The molecule has 4 atom stereocenters. The van der Waals surface area contributed by atoms with Crippen molar-refractivity contribution >= 4 is 27.7 Å². The number of pyridine rings is 1. The molecule has 2 aromatic rings. The van der Waals surface area contributed by atoms with E-state index in [0.717, 1.165) is 18.5 Å². The van der Waals surface area contributed by atoms with Crippen LogP contribution in [0.5, 0.6) is 0 Å². The molecule has 229 valence electrons. The number of nitrogens with one attached hydrogen (secondary N) is 2. The maximum atomic E-state index is 13.3. The first-order chi connectivity index (χ1) is 19.7. The third-order valence-electron chi connectivity index (χ3n) is 7.24. The fourth-order valence-corrected chi connectivity index (χ4v) is 5.06. The standard InChI is InChI=1S/C25H29F6N6O4Si/c1-13(34-17-9-33-35-23(39)21(17)25(29,30)31)19(42)12-40-6-3-20(38)36-4-5-37-18(10-36)14(2)41-11-15-7-16(24(26,27)28)8-32-22(15)37/h7-9,13-14,18-19H,3-6,10-12H2,1-2H3,(H2,34,35,39)/t13-,14?,18+,19?/m0/s1. The van der Waals surface area contributed by atoms with Gasteiger partial charge < -0.3 is 24.6 Å². The van der Waals surface area contributed by atoms with Crippen molar-refractivity contribution in [3.63, 3.8) is 0 Å². The predicted molar refractivity (Wildman–Crippen MR) is 139 cm³/mol. The van der Waals surface area contributed by atoms with E-state index in [0.29, 0.717) is 24.5 Å². The summed E-state index contributed by atoms with van der Waals surface area (Å²) in [6, 6.07) is 0.134. The molecule has 3 radical (unpaired) electrons. The lowest BCUT2D eigenvalue weighted by Crippen LogP contribution is -2.58. The molecule has 0 aliphatic carbocycles. The van der Waals surface area contributed by atoms with Gasteiger partial charge in [-0.15, -0.1) is 0 Å². The number of piperazine rings is 1. The van der Waals surface area contributed by atoms with Crippen LogP contribution in [0, 0.1) is 0 Å². The number of fused-ring (bicyclic) bond motifs is 3. The Labute approximate surface area is 240 Å². The van der Waals surface area contributed by atoms with Gasteiger partial charge >= 0.3 is 12.4 Å². The minimum absolute atomic E-state index is 0.0299. The molecule has 4 heterocycles. The topological polar surface area (TPSA) is 113 Å². The number of nitrogens with zero attached hydrogens (tertiary/aromatic N) is 4. The molecule has 0 bridgehead atoms. The minimum Gasteiger partial charge on any atom is -0.381 e. The zero-order valence-corrected chi connectivity index (χ0v) is 23.7. The lowest BCUT2D eigenvalue weighted by atomic mass is 10.1. The number of amides is 1. The number of rotatable bonds is 8. The van der Waals surface area contributed by atoms with Crippen molar-refractivity contribution in [2.24, 2.45) is 0 Å². The molecule has 0 aromatic carbocycles. The average molecular weight is 620 g/mol. The summed E-state index contributed by atoms with van der Waals surface area (Å²) in [4.78, 5) is 32.2. The summed E-state index contributed by atoms with van der Waals surface area (Å²) in [5.74, 6) is 0.227. The molecule has 1 fully saturated rings. The van der Waals surface area contributed by atoms with Crippen LogP contribution in [0.25, 0.3) is 0 Å². The third kappa shape index (κ3) is 7.23. The summed E-state index contributed by atoms with van der Waals surface area (Å²) >= 11 is 0. The molecule has 42 heavy (non-hydrogen) atoms. The van der Waals surface area contributed by atoms with Crippen molar-refractivity contribution in [3.8, 4) is 0 Å². The van der Waals surface area contributed by atoms with Crippen molar-refractivity contribution in [1.82, 2.24) is 20.1 Å². The number of aromatic amines is 1. The molecule has 2 aliphatic rings. The largest absolute Gasteiger partial charge is 0.423 e. The number of aromatic nitrogens is 3. The second-order valence-electron chi connectivity index (χ2n) is 10.2. The Hall–Kier alpha value is -3.18. The highest BCUT2D eigenvalue weighted by molar-refractivity contribution is 6.12. The monoisotopic (exact) mass is 619 g/mol. The molecule has 1 saturated heterocycles. The molecular weight excluding hydrogens is 590 g/mol. The van der Waals surface area contributed by atoms with E-state index in [2.05, 4.69) is 25.6 Å². The van der Waals surface area contributed by atoms with Crippen LogP contribution in [-0.2, 0) is 33.2 Å². The first-order valence-electron chi connectivity index (χ1n) is 13.1. The predicted octanol–water partition coefficient (Wildman–Crippen LogP) is 3.00. The van der Waals surface area contributed by atoms with Crippen LogP contribution in [0.1, 0.15) is 37.0 Å². The number of ether oxygens (including phenoxy) is 2. The fourth-order valence-electron chi connectivity index (χ4n) is 4.86. The van der Waals surface area contributed by atoms with E-state index in [1.807, 2.05) is 4.90 Å². The Bertz CT molecular complexity index is 1330. The van der Waals surface area contributed by atoms with Crippen LogP contribution in [0.3, 0.4) is 0 Å².